The fourth-order valence-electron chi connectivity index (χ4n) is 3.83. The number of nitrogens with zero attached hydrogens (tertiary/aromatic N) is 2. The van der Waals surface area contributed by atoms with Crippen LogP contribution in [0.25, 0.3) is 0 Å². The molecule has 3 aromatic rings. The zero-order valence-electron chi connectivity index (χ0n) is 16.6. The van der Waals surface area contributed by atoms with Crippen molar-refractivity contribution in [1.82, 2.24) is 15.4 Å². The second-order valence-corrected chi connectivity index (χ2v) is 8.68. The van der Waals surface area contributed by atoms with Crippen LogP contribution < -0.4 is 5.32 Å². The number of carbonyl (C=O) groups excluding carboxylic acids is 1. The van der Waals surface area contributed by atoms with Gasteiger partial charge in [-0.3, -0.25) is 9.89 Å². The van der Waals surface area contributed by atoms with Crippen LogP contribution in [0.1, 0.15) is 59.6 Å². The zero-order chi connectivity index (χ0) is 20.1. The highest BCUT2D eigenvalue weighted by molar-refractivity contribution is 7.98. The van der Waals surface area contributed by atoms with Gasteiger partial charge >= 0.3 is 0 Å². The van der Waals surface area contributed by atoms with E-state index in [1.165, 1.54) is 32.1 Å². The Morgan fingerprint density at radius 1 is 1.24 bits per heavy atom. The number of H-pyrrole nitrogens is 1. The van der Waals surface area contributed by atoms with Crippen LogP contribution >= 0.6 is 11.8 Å². The molecule has 1 saturated carbocycles. The predicted octanol–water partition coefficient (Wildman–Crippen LogP) is 5.37. The number of rotatable bonds is 7. The van der Waals surface area contributed by atoms with Crippen molar-refractivity contribution in [2.24, 2.45) is 5.92 Å². The van der Waals surface area contributed by atoms with Crippen LogP contribution in [0.4, 0.5) is 5.82 Å². The van der Waals surface area contributed by atoms with Gasteiger partial charge in [-0.2, -0.15) is 5.10 Å². The van der Waals surface area contributed by atoms with Gasteiger partial charge in [0.1, 0.15) is 5.76 Å². The summed E-state index contributed by atoms with van der Waals surface area (Å²) in [6.45, 7) is 1.89. The first-order chi connectivity index (χ1) is 14.2. The summed E-state index contributed by atoms with van der Waals surface area (Å²) in [5.41, 5.74) is 2.58. The van der Waals surface area contributed by atoms with Crippen molar-refractivity contribution in [3.63, 3.8) is 0 Å². The molecule has 1 amide bonds. The lowest BCUT2D eigenvalue weighted by atomic mass is 9.86. The second kappa shape index (κ2) is 9.31. The largest absolute Gasteiger partial charge is 0.360 e. The van der Waals surface area contributed by atoms with E-state index < -0.39 is 0 Å². The Hall–Kier alpha value is -2.54. The Morgan fingerprint density at radius 3 is 2.86 bits per heavy atom. The van der Waals surface area contributed by atoms with E-state index in [1.807, 2.05) is 43.3 Å². The molecule has 7 heteroatoms. The third-order valence-electron chi connectivity index (χ3n) is 5.28. The first-order valence-electron chi connectivity index (χ1n) is 10.2. The minimum atomic E-state index is -0.155. The standard InChI is InChI=1S/C22H26N4O2S/c1-15-11-18(28-26-15)14-29-20-10-6-5-9-19(20)22(27)23-21-13-17(24-25-21)12-16-7-3-2-4-8-16/h5-6,9-11,13,16H,2-4,7-8,12,14H2,1H3,(H2,23,24,25,27). The van der Waals surface area contributed by atoms with Crippen molar-refractivity contribution >= 4 is 23.5 Å². The molecule has 6 nitrogen and oxygen atoms in total. The molecular formula is C22H26N4O2S. The minimum Gasteiger partial charge on any atom is -0.360 e. The van der Waals surface area contributed by atoms with Gasteiger partial charge in [0.25, 0.3) is 5.91 Å². The first-order valence-corrected chi connectivity index (χ1v) is 11.2. The molecule has 1 fully saturated rings. The van der Waals surface area contributed by atoms with E-state index in [9.17, 15) is 4.79 Å². The Kier molecular flexibility index (Phi) is 6.34. The van der Waals surface area contributed by atoms with Crippen LogP contribution in [0.3, 0.4) is 0 Å². The number of aryl methyl sites for hydroxylation is 1. The average molecular weight is 411 g/mol. The van der Waals surface area contributed by atoms with Crippen LogP contribution in [-0.4, -0.2) is 21.3 Å². The SMILES string of the molecule is Cc1cc(CSc2ccccc2C(=O)Nc2cc(CC3CCCCC3)[nH]n2)on1. The molecule has 4 rings (SSSR count). The number of benzene rings is 1. The van der Waals surface area contributed by atoms with E-state index in [-0.39, 0.29) is 5.91 Å². The van der Waals surface area contributed by atoms with Gasteiger partial charge in [0.15, 0.2) is 5.82 Å². The smallest absolute Gasteiger partial charge is 0.257 e. The zero-order valence-corrected chi connectivity index (χ0v) is 17.4. The number of carbonyl (C=O) groups is 1. The molecule has 2 aromatic heterocycles. The summed E-state index contributed by atoms with van der Waals surface area (Å²) in [5, 5.41) is 14.2. The maximum absolute atomic E-state index is 12.8. The summed E-state index contributed by atoms with van der Waals surface area (Å²) in [6, 6.07) is 11.5. The molecule has 1 aliphatic carbocycles. The molecule has 1 aromatic carbocycles. The van der Waals surface area contributed by atoms with Gasteiger partial charge in [-0.25, -0.2) is 0 Å². The number of nitrogens with one attached hydrogen (secondary N) is 2. The Balaban J connectivity index is 1.38. The summed E-state index contributed by atoms with van der Waals surface area (Å²) in [6.07, 6.45) is 7.58. The lowest BCUT2D eigenvalue weighted by Crippen LogP contribution is -2.13. The van der Waals surface area contributed by atoms with Crippen molar-refractivity contribution in [3.8, 4) is 0 Å². The molecule has 0 bridgehead atoms. The van der Waals surface area contributed by atoms with Crippen LogP contribution in [-0.2, 0) is 12.2 Å². The molecule has 0 aliphatic heterocycles. The minimum absolute atomic E-state index is 0.155. The fraction of sp³-hybridized carbons (Fsp3) is 0.409. The molecule has 2 N–H and O–H groups in total. The summed E-state index contributed by atoms with van der Waals surface area (Å²) in [5.74, 6) is 2.56. The predicted molar refractivity (Wildman–Crippen MR) is 114 cm³/mol. The van der Waals surface area contributed by atoms with E-state index in [0.29, 0.717) is 17.1 Å². The molecule has 0 atom stereocenters. The molecule has 1 aliphatic rings. The van der Waals surface area contributed by atoms with E-state index >= 15 is 0 Å². The van der Waals surface area contributed by atoms with E-state index in [0.717, 1.165) is 34.4 Å². The molecule has 0 saturated heterocycles. The number of hydrogen-bond acceptors (Lipinski definition) is 5. The monoisotopic (exact) mass is 410 g/mol. The van der Waals surface area contributed by atoms with Gasteiger partial charge in [-0.1, -0.05) is 49.4 Å². The number of hydrogen-bond donors (Lipinski definition) is 2. The van der Waals surface area contributed by atoms with Crippen molar-refractivity contribution in [3.05, 3.63) is 59.1 Å². The summed E-state index contributed by atoms with van der Waals surface area (Å²) < 4.78 is 5.26. The quantitative estimate of drug-likeness (QED) is 0.511. The van der Waals surface area contributed by atoms with Crippen LogP contribution in [0.15, 0.2) is 45.8 Å². The van der Waals surface area contributed by atoms with Gasteiger partial charge < -0.3 is 9.84 Å². The van der Waals surface area contributed by atoms with Gasteiger partial charge in [-0.15, -0.1) is 11.8 Å². The number of thioether (sulfide) groups is 1. The third kappa shape index (κ3) is 5.29. The normalized spacial score (nSPS) is 14.8. The van der Waals surface area contributed by atoms with Crippen molar-refractivity contribution in [2.75, 3.05) is 5.32 Å². The van der Waals surface area contributed by atoms with Gasteiger partial charge in [0, 0.05) is 22.7 Å². The molecule has 0 unspecified atom stereocenters. The van der Waals surface area contributed by atoms with Crippen LogP contribution in [0.2, 0.25) is 0 Å². The van der Waals surface area contributed by atoms with Crippen molar-refractivity contribution < 1.29 is 9.32 Å². The summed E-state index contributed by atoms with van der Waals surface area (Å²) in [4.78, 5) is 13.7. The van der Waals surface area contributed by atoms with Crippen LogP contribution in [0, 0.1) is 12.8 Å². The fourth-order valence-corrected chi connectivity index (χ4v) is 4.75. The van der Waals surface area contributed by atoms with Crippen molar-refractivity contribution in [2.45, 2.75) is 56.1 Å². The second-order valence-electron chi connectivity index (χ2n) is 7.66. The lowest BCUT2D eigenvalue weighted by Gasteiger charge is -2.20. The van der Waals surface area contributed by atoms with Crippen molar-refractivity contribution in [1.29, 1.82) is 0 Å². The molecule has 29 heavy (non-hydrogen) atoms. The Labute approximate surface area is 174 Å². The van der Waals surface area contributed by atoms with Gasteiger partial charge in [0.05, 0.1) is 17.0 Å². The number of amides is 1. The molecule has 0 spiro atoms. The summed E-state index contributed by atoms with van der Waals surface area (Å²) >= 11 is 1.56. The lowest BCUT2D eigenvalue weighted by molar-refractivity contribution is 0.102. The van der Waals surface area contributed by atoms with Crippen LogP contribution in [0.5, 0.6) is 0 Å². The van der Waals surface area contributed by atoms with Gasteiger partial charge in [0.2, 0.25) is 0 Å². The third-order valence-corrected chi connectivity index (χ3v) is 6.38. The average Bonchev–Trinajstić information content (AvgIpc) is 3.36. The summed E-state index contributed by atoms with van der Waals surface area (Å²) in [7, 11) is 0. The highest BCUT2D eigenvalue weighted by Crippen LogP contribution is 2.28. The molecule has 0 radical (unpaired) electrons. The molecule has 152 valence electrons. The Bertz CT molecular complexity index is 959. The Morgan fingerprint density at radius 2 is 2.07 bits per heavy atom. The number of aromatic nitrogens is 3. The van der Waals surface area contributed by atoms with E-state index in [2.05, 4.69) is 20.7 Å². The van der Waals surface area contributed by atoms with E-state index in [4.69, 9.17) is 4.52 Å². The molecular weight excluding hydrogens is 384 g/mol. The first kappa shape index (κ1) is 19.8. The maximum Gasteiger partial charge on any atom is 0.257 e. The topological polar surface area (TPSA) is 83.8 Å². The van der Waals surface area contributed by atoms with E-state index in [1.54, 1.807) is 11.8 Å². The number of aromatic amines is 1. The van der Waals surface area contributed by atoms with Gasteiger partial charge in [-0.05, 0) is 31.4 Å². The molecule has 2 heterocycles. The number of anilines is 1. The highest BCUT2D eigenvalue weighted by atomic mass is 32.2. The maximum atomic E-state index is 12.8. The highest BCUT2D eigenvalue weighted by Gasteiger charge is 2.17.